The van der Waals surface area contributed by atoms with Crippen molar-refractivity contribution in [2.24, 2.45) is 0 Å². The molecule has 0 unspecified atom stereocenters. The van der Waals surface area contributed by atoms with Crippen LogP contribution in [0.1, 0.15) is 15.9 Å². The minimum atomic E-state index is -0.296. The first-order valence-corrected chi connectivity index (χ1v) is 8.36. The van der Waals surface area contributed by atoms with E-state index in [2.05, 4.69) is 20.3 Å². The van der Waals surface area contributed by atoms with Crippen LogP contribution in [0.3, 0.4) is 0 Å². The topological polar surface area (TPSA) is 81.4 Å². The third-order valence-corrected chi connectivity index (χ3v) is 4.26. The van der Waals surface area contributed by atoms with E-state index < -0.39 is 0 Å². The molecule has 0 spiro atoms. The highest BCUT2D eigenvalue weighted by atomic mass is 16.5. The number of hydrogen-bond donors (Lipinski definition) is 1. The molecule has 0 aliphatic heterocycles. The van der Waals surface area contributed by atoms with E-state index in [4.69, 9.17) is 4.74 Å². The highest BCUT2D eigenvalue weighted by Crippen LogP contribution is 2.25. The highest BCUT2D eigenvalue weighted by Gasteiger charge is 2.16. The first-order chi connectivity index (χ1) is 13.2. The van der Waals surface area contributed by atoms with E-state index in [9.17, 15) is 4.79 Å². The van der Waals surface area contributed by atoms with Crippen LogP contribution in [0.5, 0.6) is 5.88 Å². The van der Waals surface area contributed by atoms with Gasteiger partial charge in [-0.3, -0.25) is 9.78 Å². The molecule has 0 saturated carbocycles. The number of nitrogens with one attached hydrogen (secondary N) is 1. The summed E-state index contributed by atoms with van der Waals surface area (Å²) in [6.07, 6.45) is 8.95. The van der Waals surface area contributed by atoms with Gasteiger partial charge in [0.2, 0.25) is 5.88 Å². The van der Waals surface area contributed by atoms with Crippen molar-refractivity contribution in [3.63, 3.8) is 0 Å². The highest BCUT2D eigenvalue weighted by molar-refractivity contribution is 6.08. The van der Waals surface area contributed by atoms with Crippen molar-refractivity contribution in [3.05, 3.63) is 72.4 Å². The molecular weight excluding hydrogens is 342 g/mol. The summed E-state index contributed by atoms with van der Waals surface area (Å²) < 4.78 is 6.93. The smallest absolute Gasteiger partial charge is 0.260 e. The lowest BCUT2D eigenvalue weighted by atomic mass is 10.0. The van der Waals surface area contributed by atoms with E-state index in [1.807, 2.05) is 35.9 Å². The molecule has 0 radical (unpaired) electrons. The molecule has 27 heavy (non-hydrogen) atoms. The molecule has 0 aromatic carbocycles. The van der Waals surface area contributed by atoms with Crippen LogP contribution in [0.4, 0.5) is 5.82 Å². The molecule has 1 amide bonds. The van der Waals surface area contributed by atoms with Crippen LogP contribution in [0.2, 0.25) is 0 Å². The molecule has 0 fully saturated rings. The first-order valence-electron chi connectivity index (χ1n) is 8.36. The van der Waals surface area contributed by atoms with Crippen molar-refractivity contribution in [2.45, 2.75) is 6.92 Å². The molecule has 0 bridgehead atoms. The molecule has 0 aliphatic rings. The minimum Gasteiger partial charge on any atom is -0.481 e. The van der Waals surface area contributed by atoms with E-state index in [0.717, 1.165) is 16.7 Å². The quantitative estimate of drug-likeness (QED) is 0.604. The van der Waals surface area contributed by atoms with Crippen molar-refractivity contribution in [2.75, 3.05) is 12.4 Å². The van der Waals surface area contributed by atoms with Crippen LogP contribution in [0.25, 0.3) is 16.8 Å². The minimum absolute atomic E-state index is 0.296. The van der Waals surface area contributed by atoms with E-state index >= 15 is 0 Å². The Bertz CT molecular complexity index is 1140. The van der Waals surface area contributed by atoms with Gasteiger partial charge >= 0.3 is 0 Å². The maximum absolute atomic E-state index is 12.9. The average molecular weight is 359 g/mol. The predicted octanol–water partition coefficient (Wildman–Crippen LogP) is 3.36. The standard InChI is InChI=1S/C20H17N5O2/c1-13-6-7-21-11-16(13)14-10-15(19-22-8-9-25(19)12-14)20(26)24-17-4-3-5-18(23-17)27-2/h3-12H,1-2H3,(H,23,24,26). The molecule has 0 saturated heterocycles. The molecule has 134 valence electrons. The van der Waals surface area contributed by atoms with E-state index in [-0.39, 0.29) is 5.91 Å². The zero-order valence-corrected chi connectivity index (χ0v) is 14.9. The summed E-state index contributed by atoms with van der Waals surface area (Å²) in [6.45, 7) is 2.01. The number of carbonyl (C=O) groups excluding carboxylic acids is 1. The number of imidazole rings is 1. The molecule has 7 heteroatoms. The Labute approximate surface area is 155 Å². The molecule has 0 atom stereocenters. The van der Waals surface area contributed by atoms with Crippen LogP contribution >= 0.6 is 0 Å². The van der Waals surface area contributed by atoms with Crippen LogP contribution in [-0.2, 0) is 0 Å². The van der Waals surface area contributed by atoms with E-state index in [0.29, 0.717) is 22.9 Å². The molecule has 4 rings (SSSR count). The predicted molar refractivity (Wildman–Crippen MR) is 102 cm³/mol. The van der Waals surface area contributed by atoms with Crippen molar-refractivity contribution < 1.29 is 9.53 Å². The number of hydrogen-bond acceptors (Lipinski definition) is 5. The molecule has 7 nitrogen and oxygen atoms in total. The molecule has 1 N–H and O–H groups in total. The van der Waals surface area contributed by atoms with Crippen LogP contribution in [0.15, 0.2) is 61.3 Å². The maximum Gasteiger partial charge on any atom is 0.260 e. The summed E-state index contributed by atoms with van der Waals surface area (Å²) in [5.41, 5.74) is 3.94. The second-order valence-corrected chi connectivity index (χ2v) is 6.01. The number of nitrogens with zero attached hydrogens (tertiary/aromatic N) is 4. The Morgan fingerprint density at radius 2 is 2.11 bits per heavy atom. The van der Waals surface area contributed by atoms with Gasteiger partial charge in [0.25, 0.3) is 5.91 Å². The number of ether oxygens (including phenoxy) is 1. The lowest BCUT2D eigenvalue weighted by Crippen LogP contribution is -2.15. The van der Waals surface area contributed by atoms with Gasteiger partial charge in [0.05, 0.1) is 12.7 Å². The third-order valence-electron chi connectivity index (χ3n) is 4.26. The van der Waals surface area contributed by atoms with Gasteiger partial charge in [-0.25, -0.2) is 4.98 Å². The number of carbonyl (C=O) groups is 1. The van der Waals surface area contributed by atoms with Crippen LogP contribution in [-0.4, -0.2) is 32.4 Å². The Kier molecular flexibility index (Phi) is 4.25. The summed E-state index contributed by atoms with van der Waals surface area (Å²) in [5.74, 6) is 0.542. The maximum atomic E-state index is 12.9. The summed E-state index contributed by atoms with van der Waals surface area (Å²) in [4.78, 5) is 25.7. The number of aromatic nitrogens is 4. The van der Waals surface area contributed by atoms with Gasteiger partial charge in [0.15, 0.2) is 0 Å². The van der Waals surface area contributed by atoms with Gasteiger partial charge in [-0.15, -0.1) is 0 Å². The zero-order valence-electron chi connectivity index (χ0n) is 14.9. The number of amides is 1. The van der Waals surface area contributed by atoms with Gasteiger partial charge < -0.3 is 14.5 Å². The van der Waals surface area contributed by atoms with Gasteiger partial charge in [-0.1, -0.05) is 6.07 Å². The summed E-state index contributed by atoms with van der Waals surface area (Å²) in [7, 11) is 1.53. The monoisotopic (exact) mass is 359 g/mol. The fourth-order valence-electron chi connectivity index (χ4n) is 2.90. The number of aryl methyl sites for hydroxylation is 1. The number of anilines is 1. The molecule has 4 heterocycles. The Hall–Kier alpha value is -3.74. The number of pyridine rings is 3. The fourth-order valence-corrected chi connectivity index (χ4v) is 2.90. The Balaban J connectivity index is 1.77. The SMILES string of the molecule is COc1cccc(NC(=O)c2cc(-c3cnccc3C)cn3ccnc23)n1. The molecule has 4 aromatic heterocycles. The van der Waals surface area contributed by atoms with E-state index in [1.54, 1.807) is 36.8 Å². The van der Waals surface area contributed by atoms with Crippen molar-refractivity contribution >= 4 is 17.4 Å². The lowest BCUT2D eigenvalue weighted by Gasteiger charge is -2.11. The second-order valence-electron chi connectivity index (χ2n) is 6.01. The van der Waals surface area contributed by atoms with Crippen molar-refractivity contribution in [3.8, 4) is 17.0 Å². The molecule has 4 aromatic rings. The summed E-state index contributed by atoms with van der Waals surface area (Å²) >= 11 is 0. The van der Waals surface area contributed by atoms with Gasteiger partial charge in [0, 0.05) is 48.2 Å². The summed E-state index contributed by atoms with van der Waals surface area (Å²) in [5, 5.41) is 2.81. The first kappa shape index (κ1) is 16.7. The lowest BCUT2D eigenvalue weighted by molar-refractivity contribution is 0.102. The largest absolute Gasteiger partial charge is 0.481 e. The van der Waals surface area contributed by atoms with E-state index in [1.165, 1.54) is 7.11 Å². The Morgan fingerprint density at radius 1 is 1.22 bits per heavy atom. The number of fused-ring (bicyclic) bond motifs is 1. The molecule has 0 aliphatic carbocycles. The molecular formula is C20H17N5O2. The van der Waals surface area contributed by atoms with Crippen LogP contribution in [0, 0.1) is 6.92 Å². The second kappa shape index (κ2) is 6.87. The van der Waals surface area contributed by atoms with Gasteiger partial charge in [0.1, 0.15) is 11.5 Å². The summed E-state index contributed by atoms with van der Waals surface area (Å²) in [6, 6.07) is 8.95. The fraction of sp³-hybridized carbons (Fsp3) is 0.100. The van der Waals surface area contributed by atoms with Crippen molar-refractivity contribution in [1.82, 2.24) is 19.4 Å². The zero-order chi connectivity index (χ0) is 18.8. The normalized spacial score (nSPS) is 10.7. The average Bonchev–Trinajstić information content (AvgIpc) is 3.16. The van der Waals surface area contributed by atoms with Gasteiger partial charge in [-0.05, 0) is 30.7 Å². The van der Waals surface area contributed by atoms with Gasteiger partial charge in [-0.2, -0.15) is 4.98 Å². The Morgan fingerprint density at radius 3 is 2.93 bits per heavy atom. The third kappa shape index (κ3) is 3.22. The number of rotatable bonds is 4. The number of methoxy groups -OCH3 is 1. The van der Waals surface area contributed by atoms with Crippen LogP contribution < -0.4 is 10.1 Å². The van der Waals surface area contributed by atoms with Crippen molar-refractivity contribution in [1.29, 1.82) is 0 Å².